The first-order chi connectivity index (χ1) is 8.36. The van der Waals surface area contributed by atoms with Crippen molar-refractivity contribution in [2.75, 3.05) is 5.32 Å². The lowest BCUT2D eigenvalue weighted by Gasteiger charge is -2.08. The Kier molecular flexibility index (Phi) is 2.13. The Labute approximate surface area is 99.1 Å². The summed E-state index contributed by atoms with van der Waals surface area (Å²) in [5.74, 6) is 0. The molecule has 0 amide bonds. The topological polar surface area (TPSA) is 48.2 Å². The number of nitrogens with one attached hydrogen (secondary N) is 1. The number of aliphatic imine (C=N–C) groups is 1. The average molecular weight is 219 g/mol. The van der Waals surface area contributed by atoms with Gasteiger partial charge >= 0.3 is 0 Å². The Morgan fingerprint density at radius 2 is 1.94 bits per heavy atom. The van der Waals surface area contributed by atoms with Gasteiger partial charge in [0.15, 0.2) is 0 Å². The van der Waals surface area contributed by atoms with Crippen LogP contribution in [-0.2, 0) is 0 Å². The number of hydrogen-bond donors (Lipinski definition) is 1. The fraction of sp³-hybridized carbons (Fsp3) is 0. The first kappa shape index (κ1) is 9.61. The summed E-state index contributed by atoms with van der Waals surface area (Å²) in [4.78, 5) is 4.41. The van der Waals surface area contributed by atoms with E-state index >= 15 is 0 Å². The fourth-order valence-corrected chi connectivity index (χ4v) is 1.83. The second-order valence-corrected chi connectivity index (χ2v) is 3.81. The minimum atomic E-state index is 0.630. The minimum absolute atomic E-state index is 0.630. The fourth-order valence-electron chi connectivity index (χ4n) is 1.83. The third-order valence-electron chi connectivity index (χ3n) is 2.70. The molecule has 0 spiro atoms. The number of nitrogens with zero attached hydrogens (tertiary/aromatic N) is 2. The van der Waals surface area contributed by atoms with Crippen molar-refractivity contribution in [3.05, 3.63) is 53.6 Å². The van der Waals surface area contributed by atoms with E-state index in [1.807, 2.05) is 42.6 Å². The molecule has 3 heteroatoms. The van der Waals surface area contributed by atoms with E-state index in [1.165, 1.54) is 0 Å². The van der Waals surface area contributed by atoms with Gasteiger partial charge in [0.2, 0.25) is 0 Å². The summed E-state index contributed by atoms with van der Waals surface area (Å²) in [6, 6.07) is 15.5. The SMILES string of the molecule is N#Cc1ccc2c(c1)Nc1ccccc1C=N2. The lowest BCUT2D eigenvalue weighted by molar-refractivity contribution is 1.46. The Morgan fingerprint density at radius 1 is 1.06 bits per heavy atom. The van der Waals surface area contributed by atoms with Gasteiger partial charge in [0.05, 0.1) is 23.0 Å². The summed E-state index contributed by atoms with van der Waals surface area (Å²) >= 11 is 0. The van der Waals surface area contributed by atoms with Crippen LogP contribution in [0.5, 0.6) is 0 Å². The number of nitriles is 1. The Bertz CT molecular complexity index is 651. The van der Waals surface area contributed by atoms with Gasteiger partial charge in [-0.15, -0.1) is 0 Å². The molecular weight excluding hydrogens is 210 g/mol. The van der Waals surface area contributed by atoms with Gasteiger partial charge in [0.25, 0.3) is 0 Å². The van der Waals surface area contributed by atoms with Crippen LogP contribution in [0.15, 0.2) is 47.5 Å². The van der Waals surface area contributed by atoms with E-state index in [4.69, 9.17) is 5.26 Å². The summed E-state index contributed by atoms with van der Waals surface area (Å²) in [6.45, 7) is 0. The van der Waals surface area contributed by atoms with Gasteiger partial charge in [-0.1, -0.05) is 18.2 Å². The molecule has 0 radical (unpaired) electrons. The third-order valence-corrected chi connectivity index (χ3v) is 2.70. The number of para-hydroxylation sites is 1. The second kappa shape index (κ2) is 3.76. The van der Waals surface area contributed by atoms with Crippen molar-refractivity contribution in [1.29, 1.82) is 5.26 Å². The van der Waals surface area contributed by atoms with E-state index in [0.29, 0.717) is 5.56 Å². The van der Waals surface area contributed by atoms with Gasteiger partial charge in [-0.25, -0.2) is 0 Å². The predicted molar refractivity (Wildman–Crippen MR) is 68.1 cm³/mol. The second-order valence-electron chi connectivity index (χ2n) is 3.81. The molecule has 2 aromatic rings. The smallest absolute Gasteiger partial charge is 0.0992 e. The molecule has 1 N–H and O–H groups in total. The van der Waals surface area contributed by atoms with Gasteiger partial charge in [-0.2, -0.15) is 5.26 Å². The molecule has 2 aromatic carbocycles. The largest absolute Gasteiger partial charge is 0.353 e. The van der Waals surface area contributed by atoms with Crippen molar-refractivity contribution in [2.45, 2.75) is 0 Å². The van der Waals surface area contributed by atoms with Crippen molar-refractivity contribution < 1.29 is 0 Å². The zero-order valence-corrected chi connectivity index (χ0v) is 9.01. The maximum absolute atomic E-state index is 8.89. The van der Waals surface area contributed by atoms with Crippen molar-refractivity contribution >= 4 is 23.3 Å². The summed E-state index contributed by atoms with van der Waals surface area (Å²) in [7, 11) is 0. The Hall–Kier alpha value is -2.60. The molecule has 17 heavy (non-hydrogen) atoms. The van der Waals surface area contributed by atoms with Crippen LogP contribution in [0.1, 0.15) is 11.1 Å². The lowest BCUT2D eigenvalue weighted by Crippen LogP contribution is -1.92. The number of benzene rings is 2. The molecule has 1 aliphatic rings. The number of anilines is 2. The number of hydrogen-bond acceptors (Lipinski definition) is 3. The van der Waals surface area contributed by atoms with Crippen LogP contribution in [0.4, 0.5) is 17.1 Å². The number of fused-ring (bicyclic) bond motifs is 2. The first-order valence-electron chi connectivity index (χ1n) is 5.31. The van der Waals surface area contributed by atoms with Crippen molar-refractivity contribution in [3.8, 4) is 6.07 Å². The van der Waals surface area contributed by atoms with Crippen LogP contribution < -0.4 is 5.32 Å². The van der Waals surface area contributed by atoms with Crippen molar-refractivity contribution in [2.24, 2.45) is 4.99 Å². The molecule has 80 valence electrons. The molecule has 0 aromatic heterocycles. The van der Waals surface area contributed by atoms with Crippen LogP contribution in [0.3, 0.4) is 0 Å². The molecule has 0 saturated heterocycles. The van der Waals surface area contributed by atoms with E-state index in [9.17, 15) is 0 Å². The first-order valence-corrected chi connectivity index (χ1v) is 5.31. The molecule has 1 aliphatic heterocycles. The summed E-state index contributed by atoms with van der Waals surface area (Å²) in [6.07, 6.45) is 1.83. The molecule has 3 nitrogen and oxygen atoms in total. The highest BCUT2D eigenvalue weighted by atomic mass is 14.9. The van der Waals surface area contributed by atoms with Crippen LogP contribution in [-0.4, -0.2) is 6.21 Å². The summed E-state index contributed by atoms with van der Waals surface area (Å²) in [5, 5.41) is 12.2. The molecule has 0 atom stereocenters. The van der Waals surface area contributed by atoms with Gasteiger partial charge in [0, 0.05) is 17.5 Å². The Balaban J connectivity index is 2.16. The quantitative estimate of drug-likeness (QED) is 0.630. The molecular formula is C14H9N3. The maximum atomic E-state index is 8.89. The van der Waals surface area contributed by atoms with E-state index in [0.717, 1.165) is 22.6 Å². The van der Waals surface area contributed by atoms with Crippen molar-refractivity contribution in [3.63, 3.8) is 0 Å². The minimum Gasteiger partial charge on any atom is -0.353 e. The van der Waals surface area contributed by atoms with Crippen LogP contribution >= 0.6 is 0 Å². The number of rotatable bonds is 0. The molecule has 0 bridgehead atoms. The summed E-state index contributed by atoms with van der Waals surface area (Å²) < 4.78 is 0. The zero-order valence-electron chi connectivity index (χ0n) is 9.01. The van der Waals surface area contributed by atoms with Crippen LogP contribution in [0, 0.1) is 11.3 Å². The van der Waals surface area contributed by atoms with Gasteiger partial charge in [-0.3, -0.25) is 4.99 Å². The summed E-state index contributed by atoms with van der Waals surface area (Å²) in [5.41, 5.74) is 4.39. The van der Waals surface area contributed by atoms with Crippen molar-refractivity contribution in [1.82, 2.24) is 0 Å². The van der Waals surface area contributed by atoms with Gasteiger partial charge in [0.1, 0.15) is 0 Å². The van der Waals surface area contributed by atoms with E-state index < -0.39 is 0 Å². The van der Waals surface area contributed by atoms with E-state index in [1.54, 1.807) is 6.07 Å². The molecule has 3 rings (SSSR count). The molecule has 0 fully saturated rings. The molecule has 0 aliphatic carbocycles. The maximum Gasteiger partial charge on any atom is 0.0992 e. The normalized spacial score (nSPS) is 11.7. The standard InChI is InChI=1S/C14H9N3/c15-8-10-5-6-13-14(7-10)17-12-4-2-1-3-11(12)9-16-13/h1-7,9,17H. The van der Waals surface area contributed by atoms with Gasteiger partial charge in [-0.05, 0) is 24.3 Å². The monoisotopic (exact) mass is 219 g/mol. The lowest BCUT2D eigenvalue weighted by atomic mass is 10.1. The zero-order chi connectivity index (χ0) is 11.7. The van der Waals surface area contributed by atoms with Gasteiger partial charge < -0.3 is 5.32 Å². The highest BCUT2D eigenvalue weighted by Crippen LogP contribution is 2.32. The molecule has 0 unspecified atom stereocenters. The highest BCUT2D eigenvalue weighted by Gasteiger charge is 2.09. The Morgan fingerprint density at radius 3 is 2.82 bits per heavy atom. The van der Waals surface area contributed by atoms with E-state index in [-0.39, 0.29) is 0 Å². The third kappa shape index (κ3) is 1.66. The van der Waals surface area contributed by atoms with Crippen LogP contribution in [0.25, 0.3) is 0 Å². The van der Waals surface area contributed by atoms with Crippen LogP contribution in [0.2, 0.25) is 0 Å². The highest BCUT2D eigenvalue weighted by molar-refractivity contribution is 5.95. The molecule has 0 saturated carbocycles. The predicted octanol–water partition coefficient (Wildman–Crippen LogP) is 3.37. The average Bonchev–Trinajstić information content (AvgIpc) is 2.56. The molecule has 1 heterocycles. The van der Waals surface area contributed by atoms with E-state index in [2.05, 4.69) is 16.4 Å².